The summed E-state index contributed by atoms with van der Waals surface area (Å²) < 4.78 is 76.0. The third-order valence-electron chi connectivity index (χ3n) is 4.99. The molecule has 33 heavy (non-hydrogen) atoms. The minimum atomic E-state index is -4.56. The van der Waals surface area contributed by atoms with Crippen molar-refractivity contribution in [1.29, 1.82) is 0 Å². The van der Waals surface area contributed by atoms with Crippen molar-refractivity contribution in [2.45, 2.75) is 61.9 Å². The van der Waals surface area contributed by atoms with Crippen LogP contribution in [0.15, 0.2) is 40.3 Å². The zero-order valence-electron chi connectivity index (χ0n) is 18.4. The Hall–Kier alpha value is -1.98. The second-order valence-corrected chi connectivity index (χ2v) is 8.48. The number of hydrogen-bond donors (Lipinski definition) is 3. The fourth-order valence-electron chi connectivity index (χ4n) is 3.10. The number of pyridine rings is 1. The van der Waals surface area contributed by atoms with Crippen molar-refractivity contribution in [3.63, 3.8) is 0 Å². The molecule has 184 valence electrons. The van der Waals surface area contributed by atoms with E-state index in [0.717, 1.165) is 49.5 Å². The highest BCUT2D eigenvalue weighted by molar-refractivity contribution is 7.99. The molecule has 3 heterocycles. The Labute approximate surface area is 193 Å². The van der Waals surface area contributed by atoms with Crippen molar-refractivity contribution in [2.24, 2.45) is 5.92 Å². The number of nitrogens with one attached hydrogen (secondary N) is 2. The molecule has 2 aliphatic heterocycles. The van der Waals surface area contributed by atoms with E-state index in [0.29, 0.717) is 17.8 Å². The van der Waals surface area contributed by atoms with Crippen molar-refractivity contribution in [3.05, 3.63) is 41.6 Å². The number of anilines is 2. The molecule has 1 aromatic heterocycles. The average Bonchev–Trinajstić information content (AvgIpc) is 2.95. The van der Waals surface area contributed by atoms with Crippen LogP contribution in [0.2, 0.25) is 0 Å². The third kappa shape index (κ3) is 7.51. The van der Waals surface area contributed by atoms with Crippen LogP contribution in [0.1, 0.15) is 44.7 Å². The lowest BCUT2D eigenvalue weighted by Crippen LogP contribution is -2.28. The molecule has 3 N–H and O–H groups in total. The number of nitrogens with zero attached hydrogens (tertiary/aromatic N) is 1. The summed E-state index contributed by atoms with van der Waals surface area (Å²) >= 11 is 0.818. The number of aliphatic hydroxyl groups is 1. The van der Waals surface area contributed by atoms with Gasteiger partial charge in [-0.3, -0.25) is 0 Å². The van der Waals surface area contributed by atoms with Crippen molar-refractivity contribution < 1.29 is 31.4 Å². The summed E-state index contributed by atoms with van der Waals surface area (Å²) in [5.74, 6) is 0.672. The van der Waals surface area contributed by atoms with Crippen LogP contribution in [0, 0.1) is 5.92 Å². The molecule has 0 radical (unpaired) electrons. The van der Waals surface area contributed by atoms with Crippen LogP contribution in [0.4, 0.5) is 37.8 Å². The van der Waals surface area contributed by atoms with Crippen molar-refractivity contribution in [3.8, 4) is 0 Å². The maximum Gasteiger partial charge on any atom is 0.417 e. The van der Waals surface area contributed by atoms with E-state index in [9.17, 15) is 31.4 Å². The van der Waals surface area contributed by atoms with Crippen LogP contribution in [-0.2, 0) is 12.4 Å². The van der Waals surface area contributed by atoms with E-state index >= 15 is 0 Å². The Bertz CT molecular complexity index is 848. The van der Waals surface area contributed by atoms with Crippen LogP contribution in [0.3, 0.4) is 0 Å². The highest BCUT2D eigenvalue weighted by atomic mass is 32.2. The van der Waals surface area contributed by atoms with Gasteiger partial charge in [0.25, 0.3) is 0 Å². The van der Waals surface area contributed by atoms with Gasteiger partial charge >= 0.3 is 12.4 Å². The quantitative estimate of drug-likeness (QED) is 0.302. The zero-order valence-corrected chi connectivity index (χ0v) is 19.3. The Kier molecular flexibility index (Phi) is 9.45. The monoisotopic (exact) mass is 495 g/mol. The van der Waals surface area contributed by atoms with Gasteiger partial charge in [0, 0.05) is 17.6 Å². The molecule has 1 saturated heterocycles. The zero-order chi connectivity index (χ0) is 24.8. The Morgan fingerprint density at radius 1 is 1.00 bits per heavy atom. The first-order valence-corrected chi connectivity index (χ1v) is 11.4. The third-order valence-corrected chi connectivity index (χ3v) is 6.07. The number of aromatic nitrogens is 1. The Balaban J connectivity index is 0.000000293. The Morgan fingerprint density at radius 3 is 2.27 bits per heavy atom. The summed E-state index contributed by atoms with van der Waals surface area (Å²) in [4.78, 5) is 4.01. The summed E-state index contributed by atoms with van der Waals surface area (Å²) in [6.45, 7) is 7.96. The van der Waals surface area contributed by atoms with E-state index in [4.69, 9.17) is 0 Å². The van der Waals surface area contributed by atoms with Crippen LogP contribution in [-0.4, -0.2) is 29.3 Å². The maximum atomic E-state index is 12.7. The number of halogens is 6. The van der Waals surface area contributed by atoms with Gasteiger partial charge in [0.15, 0.2) is 0 Å². The predicted octanol–water partition coefficient (Wildman–Crippen LogP) is 6.72. The highest BCUT2D eigenvalue weighted by Crippen LogP contribution is 2.46. The molecular weight excluding hydrogens is 468 g/mol. The molecule has 1 fully saturated rings. The highest BCUT2D eigenvalue weighted by Gasteiger charge is 2.34. The average molecular weight is 496 g/mol. The SMILES string of the molecule is CC.CC1CCCNCC1O.FC(F)(F)c1ccc2c(c1)Sc1cc(C(F)(F)F)cnc1N2. The van der Waals surface area contributed by atoms with Gasteiger partial charge in [0.2, 0.25) is 0 Å². The van der Waals surface area contributed by atoms with Crippen molar-refractivity contribution >= 4 is 23.3 Å². The smallest absolute Gasteiger partial charge is 0.392 e. The standard InChI is InChI=1S/C13H6F6N2S.C7H15NO.C2H6/c14-12(15,16)6-1-2-8-9(3-6)22-10-4-7(13(17,18)19)5-20-11(10)21-8;1-6-3-2-4-8-5-7(6)9;1-2/h1-5H,(H,20,21);6-9H,2-5H2,1H3;1-2H3. The molecule has 2 unspecified atom stereocenters. The van der Waals surface area contributed by atoms with Crippen LogP contribution in [0.25, 0.3) is 0 Å². The molecule has 4 nitrogen and oxygen atoms in total. The molecule has 0 spiro atoms. The van der Waals surface area contributed by atoms with Gasteiger partial charge in [-0.05, 0) is 49.6 Å². The van der Waals surface area contributed by atoms with Crippen molar-refractivity contribution in [2.75, 3.05) is 18.4 Å². The van der Waals surface area contributed by atoms with Crippen LogP contribution in [0.5, 0.6) is 0 Å². The molecular formula is C22H27F6N3OS. The fraction of sp³-hybridized carbons (Fsp3) is 0.500. The van der Waals surface area contributed by atoms with E-state index in [1.807, 2.05) is 13.8 Å². The molecule has 1 aromatic carbocycles. The number of benzene rings is 1. The van der Waals surface area contributed by atoms with Crippen molar-refractivity contribution in [1.82, 2.24) is 10.3 Å². The first-order chi connectivity index (χ1) is 15.4. The number of rotatable bonds is 0. The normalized spacial score (nSPS) is 19.9. The number of alkyl halides is 6. The van der Waals surface area contributed by atoms with Gasteiger partial charge in [-0.2, -0.15) is 26.3 Å². The Morgan fingerprint density at radius 2 is 1.64 bits per heavy atom. The number of hydrogen-bond acceptors (Lipinski definition) is 5. The van der Waals surface area contributed by atoms with Gasteiger partial charge in [-0.25, -0.2) is 4.98 Å². The first-order valence-electron chi connectivity index (χ1n) is 10.6. The number of fused-ring (bicyclic) bond motifs is 2. The lowest BCUT2D eigenvalue weighted by Gasteiger charge is -2.21. The minimum absolute atomic E-state index is 0.118. The lowest BCUT2D eigenvalue weighted by atomic mass is 10.0. The summed E-state index contributed by atoms with van der Waals surface area (Å²) in [7, 11) is 0. The second-order valence-electron chi connectivity index (χ2n) is 7.40. The van der Waals surface area contributed by atoms with E-state index in [1.54, 1.807) is 0 Å². The molecule has 0 amide bonds. The van der Waals surface area contributed by atoms with E-state index in [2.05, 4.69) is 22.5 Å². The fourth-order valence-corrected chi connectivity index (χ4v) is 4.13. The van der Waals surface area contributed by atoms with Gasteiger partial charge in [-0.1, -0.05) is 32.5 Å². The molecule has 2 aromatic rings. The molecule has 2 atom stereocenters. The van der Waals surface area contributed by atoms with E-state index < -0.39 is 23.5 Å². The summed E-state index contributed by atoms with van der Waals surface area (Å²) in [6.07, 6.45) is -6.14. The summed E-state index contributed by atoms with van der Waals surface area (Å²) in [6, 6.07) is 3.90. The molecule has 0 saturated carbocycles. The van der Waals surface area contributed by atoms with Gasteiger partial charge in [0.1, 0.15) is 5.82 Å². The van der Waals surface area contributed by atoms with Gasteiger partial charge < -0.3 is 15.7 Å². The molecule has 4 rings (SSSR count). The predicted molar refractivity (Wildman–Crippen MR) is 117 cm³/mol. The second kappa shape index (κ2) is 11.4. The first kappa shape index (κ1) is 27.3. The van der Waals surface area contributed by atoms with E-state index in [1.165, 1.54) is 12.5 Å². The minimum Gasteiger partial charge on any atom is -0.392 e. The van der Waals surface area contributed by atoms with E-state index in [-0.39, 0.29) is 21.7 Å². The number of aliphatic hydroxyl groups excluding tert-OH is 1. The van der Waals surface area contributed by atoms with Crippen LogP contribution < -0.4 is 10.6 Å². The topological polar surface area (TPSA) is 57.2 Å². The van der Waals surface area contributed by atoms with Gasteiger partial charge in [0.05, 0.1) is 27.8 Å². The summed E-state index contributed by atoms with van der Waals surface area (Å²) in [5.41, 5.74) is -1.43. The molecule has 0 aliphatic carbocycles. The summed E-state index contributed by atoms with van der Waals surface area (Å²) in [5, 5.41) is 15.2. The van der Waals surface area contributed by atoms with Gasteiger partial charge in [-0.15, -0.1) is 0 Å². The molecule has 11 heteroatoms. The van der Waals surface area contributed by atoms with Crippen LogP contribution >= 0.6 is 11.8 Å². The molecule has 0 bridgehead atoms. The number of β-amino-alcohol motifs (C(OH)–C–C–N with tert-alkyl or cyclic N) is 1. The lowest BCUT2D eigenvalue weighted by molar-refractivity contribution is -0.138. The largest absolute Gasteiger partial charge is 0.417 e. The molecule has 2 aliphatic rings. The maximum absolute atomic E-state index is 12.7.